The van der Waals surface area contributed by atoms with E-state index in [-0.39, 0.29) is 23.4 Å². The van der Waals surface area contributed by atoms with E-state index in [2.05, 4.69) is 32.4 Å². The fourth-order valence-electron chi connectivity index (χ4n) is 4.05. The molecular formula is C22H22F2N4O2. The van der Waals surface area contributed by atoms with E-state index in [0.717, 1.165) is 24.2 Å². The summed E-state index contributed by atoms with van der Waals surface area (Å²) in [6, 6.07) is 2.00. The molecule has 1 saturated carbocycles. The zero-order chi connectivity index (χ0) is 21.3. The highest BCUT2D eigenvalue weighted by Gasteiger charge is 2.62. The summed E-state index contributed by atoms with van der Waals surface area (Å²) in [5.41, 5.74) is 0.377. The van der Waals surface area contributed by atoms with Crippen LogP contribution in [0, 0.1) is 43.0 Å². The molecule has 6 nitrogen and oxygen atoms in total. The molecule has 8 heteroatoms. The van der Waals surface area contributed by atoms with Crippen molar-refractivity contribution in [3.63, 3.8) is 0 Å². The molecule has 1 N–H and O–H groups in total. The number of nitrogens with zero attached hydrogens (tertiary/aromatic N) is 3. The first-order valence-electron chi connectivity index (χ1n) is 9.78. The number of aryl methyl sites for hydroxylation is 2. The van der Waals surface area contributed by atoms with Crippen molar-refractivity contribution in [2.75, 3.05) is 11.9 Å². The lowest BCUT2D eigenvalue weighted by Crippen LogP contribution is -2.29. The fraction of sp³-hybridized carbons (Fsp3) is 0.364. The molecule has 0 saturated heterocycles. The molecule has 2 aromatic rings. The molecule has 0 aromatic carbocycles. The maximum Gasteiger partial charge on any atom is 0.228 e. The third-order valence-electron chi connectivity index (χ3n) is 5.74. The van der Waals surface area contributed by atoms with Crippen LogP contribution in [0.2, 0.25) is 0 Å². The highest BCUT2D eigenvalue weighted by molar-refractivity contribution is 5.95. The minimum atomic E-state index is -0.981. The number of anilines is 1. The van der Waals surface area contributed by atoms with Gasteiger partial charge in [-0.1, -0.05) is 24.3 Å². The number of aromatic nitrogens is 3. The molecule has 0 aliphatic heterocycles. The molecule has 3 atom stereocenters. The average molecular weight is 412 g/mol. The third kappa shape index (κ3) is 4.08. The van der Waals surface area contributed by atoms with Gasteiger partial charge in [-0.05, 0) is 32.6 Å². The van der Waals surface area contributed by atoms with Gasteiger partial charge in [-0.25, -0.2) is 9.97 Å². The number of ether oxygens (including phenoxy) is 1. The standard InChI is InChI=1S/C22H22F2N4O2/c1-13-18(11-25-14(2)26-13)30-12-22(15-6-4-3-5-7-15)10-17(22)21(29)27-16-8-19(23)28-20(24)9-16/h3-6,8-9,11,15,17H,7,10,12H2,1-2H3,(H,27,28,29)/t15?,17-,22+/m0/s1. The predicted octanol–water partition coefficient (Wildman–Crippen LogP) is 3.92. The van der Waals surface area contributed by atoms with Gasteiger partial charge >= 0.3 is 0 Å². The number of hydrogen-bond donors (Lipinski definition) is 1. The summed E-state index contributed by atoms with van der Waals surface area (Å²) < 4.78 is 32.8. The molecule has 2 aliphatic rings. The van der Waals surface area contributed by atoms with E-state index in [4.69, 9.17) is 4.74 Å². The number of carbonyl (C=O) groups is 1. The number of allylic oxidation sites excluding steroid dienone is 4. The topological polar surface area (TPSA) is 77.0 Å². The van der Waals surface area contributed by atoms with E-state index in [9.17, 15) is 13.6 Å². The lowest BCUT2D eigenvalue weighted by atomic mass is 9.82. The zero-order valence-corrected chi connectivity index (χ0v) is 16.7. The largest absolute Gasteiger partial charge is 0.489 e. The number of nitrogens with one attached hydrogen (secondary N) is 1. The summed E-state index contributed by atoms with van der Waals surface area (Å²) in [6.45, 7) is 3.98. The van der Waals surface area contributed by atoms with Crippen molar-refractivity contribution in [3.05, 3.63) is 66.0 Å². The van der Waals surface area contributed by atoms with Crippen molar-refractivity contribution in [2.24, 2.45) is 17.3 Å². The molecule has 30 heavy (non-hydrogen) atoms. The van der Waals surface area contributed by atoms with Crippen LogP contribution in [0.5, 0.6) is 5.75 Å². The fourth-order valence-corrected chi connectivity index (χ4v) is 4.05. The molecule has 1 amide bonds. The minimum Gasteiger partial charge on any atom is -0.489 e. The smallest absolute Gasteiger partial charge is 0.228 e. The maximum atomic E-state index is 13.4. The van der Waals surface area contributed by atoms with Crippen molar-refractivity contribution >= 4 is 11.6 Å². The monoisotopic (exact) mass is 412 g/mol. The van der Waals surface area contributed by atoms with Crippen LogP contribution in [0.25, 0.3) is 0 Å². The highest BCUT2D eigenvalue weighted by Crippen LogP contribution is 2.60. The molecule has 4 rings (SSSR count). The molecule has 0 radical (unpaired) electrons. The van der Waals surface area contributed by atoms with Crippen LogP contribution < -0.4 is 10.1 Å². The summed E-state index contributed by atoms with van der Waals surface area (Å²) in [5.74, 6) is -1.23. The van der Waals surface area contributed by atoms with E-state index < -0.39 is 17.3 Å². The zero-order valence-electron chi connectivity index (χ0n) is 16.7. The van der Waals surface area contributed by atoms with Crippen LogP contribution in [0.1, 0.15) is 24.4 Å². The third-order valence-corrected chi connectivity index (χ3v) is 5.74. The van der Waals surface area contributed by atoms with Crippen molar-refractivity contribution in [3.8, 4) is 5.75 Å². The first kappa shape index (κ1) is 20.1. The van der Waals surface area contributed by atoms with Gasteiger partial charge in [0.1, 0.15) is 5.82 Å². The quantitative estimate of drug-likeness (QED) is 0.728. The van der Waals surface area contributed by atoms with E-state index >= 15 is 0 Å². The van der Waals surface area contributed by atoms with Crippen LogP contribution in [-0.2, 0) is 4.79 Å². The van der Waals surface area contributed by atoms with Crippen LogP contribution in [0.4, 0.5) is 14.5 Å². The average Bonchev–Trinajstić information content (AvgIpc) is 3.43. The predicted molar refractivity (Wildman–Crippen MR) is 107 cm³/mol. The lowest BCUT2D eigenvalue weighted by Gasteiger charge is -2.26. The highest BCUT2D eigenvalue weighted by atomic mass is 19.1. The second kappa shape index (κ2) is 7.93. The number of halogens is 2. The molecule has 2 aromatic heterocycles. The Morgan fingerprint density at radius 2 is 2.00 bits per heavy atom. The van der Waals surface area contributed by atoms with Crippen LogP contribution in [0.3, 0.4) is 0 Å². The Labute approximate surface area is 173 Å². The summed E-state index contributed by atoms with van der Waals surface area (Å²) in [7, 11) is 0. The normalized spacial score (nSPS) is 24.5. The van der Waals surface area contributed by atoms with Gasteiger partial charge in [0.25, 0.3) is 0 Å². The SMILES string of the molecule is Cc1ncc(OC[C@@]2(C3C=CC=CC3)C[C@H]2C(=O)Nc2cc(F)nc(F)c2)c(C)n1. The van der Waals surface area contributed by atoms with Gasteiger partial charge in [0.05, 0.1) is 18.5 Å². The minimum absolute atomic E-state index is 0.0496. The summed E-state index contributed by atoms with van der Waals surface area (Å²) in [4.78, 5) is 24.4. The molecule has 0 spiro atoms. The van der Waals surface area contributed by atoms with Gasteiger partial charge in [0.15, 0.2) is 5.75 Å². The number of hydrogen-bond acceptors (Lipinski definition) is 5. The maximum absolute atomic E-state index is 13.4. The number of rotatable bonds is 6. The molecule has 1 fully saturated rings. The summed E-state index contributed by atoms with van der Waals surface area (Å²) in [5, 5.41) is 2.62. The summed E-state index contributed by atoms with van der Waals surface area (Å²) >= 11 is 0. The van der Waals surface area contributed by atoms with Crippen LogP contribution in [0.15, 0.2) is 42.6 Å². The first-order chi connectivity index (χ1) is 14.4. The Bertz CT molecular complexity index is 1020. The second-order valence-electron chi connectivity index (χ2n) is 7.79. The Morgan fingerprint density at radius 3 is 2.67 bits per heavy atom. The van der Waals surface area contributed by atoms with Crippen molar-refractivity contribution < 1.29 is 18.3 Å². The molecule has 2 heterocycles. The van der Waals surface area contributed by atoms with Gasteiger partial charge in [-0.3, -0.25) is 4.79 Å². The summed E-state index contributed by atoms with van der Waals surface area (Å²) in [6.07, 6.45) is 11.1. The lowest BCUT2D eigenvalue weighted by molar-refractivity contribution is -0.118. The van der Waals surface area contributed by atoms with Crippen molar-refractivity contribution in [1.29, 1.82) is 0 Å². The molecule has 0 bridgehead atoms. The number of amides is 1. The number of pyridine rings is 1. The van der Waals surface area contributed by atoms with E-state index in [1.165, 1.54) is 0 Å². The van der Waals surface area contributed by atoms with Crippen molar-refractivity contribution in [2.45, 2.75) is 26.7 Å². The van der Waals surface area contributed by atoms with Gasteiger partial charge in [-0.2, -0.15) is 13.8 Å². The Kier molecular flexibility index (Phi) is 5.32. The second-order valence-corrected chi connectivity index (χ2v) is 7.79. The van der Waals surface area contributed by atoms with Crippen molar-refractivity contribution in [1.82, 2.24) is 15.0 Å². The van der Waals surface area contributed by atoms with Gasteiger partial charge in [0.2, 0.25) is 17.8 Å². The molecule has 156 valence electrons. The van der Waals surface area contributed by atoms with Gasteiger partial charge < -0.3 is 10.1 Å². The van der Waals surface area contributed by atoms with E-state index in [1.54, 1.807) is 6.20 Å². The Morgan fingerprint density at radius 1 is 1.23 bits per heavy atom. The molecule has 1 unspecified atom stereocenters. The molecular weight excluding hydrogens is 390 g/mol. The van der Waals surface area contributed by atoms with Crippen LogP contribution in [-0.4, -0.2) is 27.5 Å². The van der Waals surface area contributed by atoms with Gasteiger partial charge in [0, 0.05) is 29.2 Å². The first-order valence-corrected chi connectivity index (χ1v) is 9.78. The molecule has 2 aliphatic carbocycles. The Balaban J connectivity index is 1.51. The number of carbonyl (C=O) groups excluding carboxylic acids is 1. The Hall–Kier alpha value is -3.16. The van der Waals surface area contributed by atoms with E-state index in [0.29, 0.717) is 24.6 Å². The van der Waals surface area contributed by atoms with Crippen LogP contribution >= 0.6 is 0 Å². The van der Waals surface area contributed by atoms with Gasteiger partial charge in [-0.15, -0.1) is 0 Å². The van der Waals surface area contributed by atoms with E-state index in [1.807, 2.05) is 26.0 Å².